The van der Waals surface area contributed by atoms with Gasteiger partial charge in [0.25, 0.3) is 11.5 Å². The summed E-state index contributed by atoms with van der Waals surface area (Å²) in [6, 6.07) is 4.78. The van der Waals surface area contributed by atoms with Gasteiger partial charge in [0.2, 0.25) is 11.7 Å². The monoisotopic (exact) mass is 286 g/mol. The van der Waals surface area contributed by atoms with E-state index in [0.29, 0.717) is 11.3 Å². The molecule has 1 amide bonds. The predicted molar refractivity (Wildman–Crippen MR) is 70.1 cm³/mol. The fourth-order valence-corrected chi connectivity index (χ4v) is 1.67. The third kappa shape index (κ3) is 2.71. The number of hydrogen-bond acceptors (Lipinski definition) is 6. The molecular formula is C12H10N6O3. The molecule has 9 heteroatoms. The SMILES string of the molecule is O=C(NCc1nc(-c2ccc[nH]c2=O)no1)c1ccn[nH]1. The molecule has 0 aliphatic heterocycles. The first-order valence-electron chi connectivity index (χ1n) is 6.02. The van der Waals surface area contributed by atoms with Crippen molar-refractivity contribution in [1.29, 1.82) is 0 Å². The molecule has 3 aromatic heterocycles. The van der Waals surface area contributed by atoms with Crippen LogP contribution in [0.5, 0.6) is 0 Å². The molecule has 0 radical (unpaired) electrons. The van der Waals surface area contributed by atoms with E-state index < -0.39 is 0 Å². The highest BCUT2D eigenvalue weighted by atomic mass is 16.5. The topological polar surface area (TPSA) is 130 Å². The van der Waals surface area contributed by atoms with Gasteiger partial charge in [-0.05, 0) is 18.2 Å². The summed E-state index contributed by atoms with van der Waals surface area (Å²) < 4.78 is 4.99. The minimum Gasteiger partial charge on any atom is -0.342 e. The Morgan fingerprint density at radius 1 is 1.38 bits per heavy atom. The Balaban J connectivity index is 1.70. The summed E-state index contributed by atoms with van der Waals surface area (Å²) in [5.41, 5.74) is 0.313. The predicted octanol–water partition coefficient (Wildman–Crippen LogP) is 0.0780. The van der Waals surface area contributed by atoms with Crippen LogP contribution in [0.4, 0.5) is 0 Å². The Hall–Kier alpha value is -3.23. The fraction of sp³-hybridized carbons (Fsp3) is 0.0833. The van der Waals surface area contributed by atoms with Gasteiger partial charge in [0, 0.05) is 12.4 Å². The van der Waals surface area contributed by atoms with E-state index in [1.54, 1.807) is 12.1 Å². The molecule has 0 atom stereocenters. The lowest BCUT2D eigenvalue weighted by Gasteiger charge is -1.98. The van der Waals surface area contributed by atoms with Gasteiger partial charge in [-0.15, -0.1) is 0 Å². The van der Waals surface area contributed by atoms with Crippen molar-refractivity contribution >= 4 is 5.91 Å². The normalized spacial score (nSPS) is 10.5. The minimum atomic E-state index is -0.343. The lowest BCUT2D eigenvalue weighted by atomic mass is 10.3. The van der Waals surface area contributed by atoms with Crippen LogP contribution >= 0.6 is 0 Å². The molecule has 9 nitrogen and oxygen atoms in total. The highest BCUT2D eigenvalue weighted by Gasteiger charge is 2.13. The molecule has 0 aliphatic rings. The molecule has 0 unspecified atom stereocenters. The van der Waals surface area contributed by atoms with Crippen molar-refractivity contribution in [3.05, 3.63) is 52.5 Å². The number of aromatic nitrogens is 5. The number of amides is 1. The summed E-state index contributed by atoms with van der Waals surface area (Å²) >= 11 is 0. The van der Waals surface area contributed by atoms with Gasteiger partial charge in [-0.25, -0.2) is 0 Å². The maximum Gasteiger partial charge on any atom is 0.269 e. The molecule has 0 saturated carbocycles. The number of hydrogen-bond donors (Lipinski definition) is 3. The van der Waals surface area contributed by atoms with Gasteiger partial charge in [0.05, 0.1) is 12.1 Å². The van der Waals surface area contributed by atoms with Crippen molar-refractivity contribution in [3.63, 3.8) is 0 Å². The zero-order chi connectivity index (χ0) is 14.7. The molecule has 0 bridgehead atoms. The van der Waals surface area contributed by atoms with Crippen LogP contribution in [0.1, 0.15) is 16.4 Å². The van der Waals surface area contributed by atoms with Gasteiger partial charge in [0.1, 0.15) is 5.69 Å². The molecule has 3 rings (SSSR count). The number of aromatic amines is 2. The van der Waals surface area contributed by atoms with Crippen molar-refractivity contribution in [2.45, 2.75) is 6.54 Å². The third-order valence-corrected chi connectivity index (χ3v) is 2.67. The van der Waals surface area contributed by atoms with Gasteiger partial charge in [-0.3, -0.25) is 14.7 Å². The molecule has 0 spiro atoms. The van der Waals surface area contributed by atoms with Crippen LogP contribution < -0.4 is 10.9 Å². The fourth-order valence-electron chi connectivity index (χ4n) is 1.67. The van der Waals surface area contributed by atoms with Crippen molar-refractivity contribution in [1.82, 2.24) is 30.6 Å². The van der Waals surface area contributed by atoms with Gasteiger partial charge in [-0.1, -0.05) is 5.16 Å². The highest BCUT2D eigenvalue weighted by Crippen LogP contribution is 2.09. The quantitative estimate of drug-likeness (QED) is 0.622. The Kier molecular flexibility index (Phi) is 3.29. The highest BCUT2D eigenvalue weighted by molar-refractivity contribution is 5.91. The molecule has 3 aromatic rings. The van der Waals surface area contributed by atoms with E-state index in [4.69, 9.17) is 4.52 Å². The molecule has 0 aromatic carbocycles. The molecule has 3 heterocycles. The lowest BCUT2D eigenvalue weighted by Crippen LogP contribution is -2.23. The third-order valence-electron chi connectivity index (χ3n) is 2.67. The van der Waals surface area contributed by atoms with Gasteiger partial charge < -0.3 is 14.8 Å². The maximum absolute atomic E-state index is 11.7. The second-order valence-electron chi connectivity index (χ2n) is 4.08. The summed E-state index contributed by atoms with van der Waals surface area (Å²) in [5.74, 6) is 0.0218. The number of pyridine rings is 1. The average molecular weight is 286 g/mol. The van der Waals surface area contributed by atoms with Crippen LogP contribution in [0, 0.1) is 0 Å². The van der Waals surface area contributed by atoms with Gasteiger partial charge in [-0.2, -0.15) is 10.1 Å². The van der Waals surface area contributed by atoms with Crippen molar-refractivity contribution in [2.75, 3.05) is 0 Å². The van der Waals surface area contributed by atoms with E-state index in [1.165, 1.54) is 18.5 Å². The van der Waals surface area contributed by atoms with E-state index in [-0.39, 0.29) is 29.7 Å². The average Bonchev–Trinajstić information content (AvgIpc) is 3.17. The number of H-pyrrole nitrogens is 2. The molecule has 21 heavy (non-hydrogen) atoms. The molecule has 106 valence electrons. The van der Waals surface area contributed by atoms with E-state index >= 15 is 0 Å². The van der Waals surface area contributed by atoms with Crippen molar-refractivity contribution in [2.24, 2.45) is 0 Å². The summed E-state index contributed by atoms with van der Waals surface area (Å²) in [5, 5.41) is 12.5. The molecule has 0 fully saturated rings. The second kappa shape index (κ2) is 5.41. The number of rotatable bonds is 4. The summed E-state index contributed by atoms with van der Waals surface area (Å²) in [7, 11) is 0. The maximum atomic E-state index is 11.7. The summed E-state index contributed by atoms with van der Waals surface area (Å²) in [6.45, 7) is 0.0512. The van der Waals surface area contributed by atoms with E-state index in [1.807, 2.05) is 0 Å². The van der Waals surface area contributed by atoms with Crippen molar-refractivity contribution in [3.8, 4) is 11.4 Å². The number of nitrogens with zero attached hydrogens (tertiary/aromatic N) is 3. The molecular weight excluding hydrogens is 276 g/mol. The number of carbonyl (C=O) groups excluding carboxylic acids is 1. The Bertz CT molecular complexity index is 804. The standard InChI is InChI=1S/C12H10N6O3/c19-11-7(2-1-4-13-11)10-16-9(21-18-10)6-14-12(20)8-3-5-15-17-8/h1-5H,6H2,(H,13,19)(H,14,20)(H,15,17). The van der Waals surface area contributed by atoms with Gasteiger partial charge >= 0.3 is 0 Å². The largest absolute Gasteiger partial charge is 0.342 e. The Morgan fingerprint density at radius 2 is 2.29 bits per heavy atom. The second-order valence-corrected chi connectivity index (χ2v) is 4.08. The summed E-state index contributed by atoms with van der Waals surface area (Å²) in [6.07, 6.45) is 2.98. The van der Waals surface area contributed by atoms with Crippen LogP contribution in [0.3, 0.4) is 0 Å². The van der Waals surface area contributed by atoms with Crippen molar-refractivity contribution < 1.29 is 9.32 Å². The smallest absolute Gasteiger partial charge is 0.269 e. The summed E-state index contributed by atoms with van der Waals surface area (Å²) in [4.78, 5) is 29.8. The van der Waals surface area contributed by atoms with Crippen LogP contribution in [0.2, 0.25) is 0 Å². The van der Waals surface area contributed by atoms with Crippen LogP contribution in [-0.2, 0) is 6.54 Å². The zero-order valence-electron chi connectivity index (χ0n) is 10.7. The van der Waals surface area contributed by atoms with Gasteiger partial charge in [0.15, 0.2) is 0 Å². The van der Waals surface area contributed by atoms with E-state index in [9.17, 15) is 9.59 Å². The Morgan fingerprint density at radius 3 is 3.05 bits per heavy atom. The first kappa shape index (κ1) is 12.8. The first-order valence-corrected chi connectivity index (χ1v) is 6.02. The van der Waals surface area contributed by atoms with Crippen LogP contribution in [-0.4, -0.2) is 31.2 Å². The number of carbonyl (C=O) groups is 1. The van der Waals surface area contributed by atoms with Crippen LogP contribution in [0.15, 0.2) is 39.9 Å². The lowest BCUT2D eigenvalue weighted by molar-refractivity contribution is 0.0941. The minimum absolute atomic E-state index is 0.0512. The Labute approximate surface area is 117 Å². The molecule has 3 N–H and O–H groups in total. The first-order chi connectivity index (χ1) is 10.2. The van der Waals surface area contributed by atoms with E-state index in [0.717, 1.165) is 0 Å². The van der Waals surface area contributed by atoms with E-state index in [2.05, 4.69) is 30.6 Å². The number of nitrogens with one attached hydrogen (secondary N) is 3. The van der Waals surface area contributed by atoms with Crippen LogP contribution in [0.25, 0.3) is 11.4 Å². The zero-order valence-corrected chi connectivity index (χ0v) is 10.7. The molecule has 0 saturated heterocycles. The molecule has 0 aliphatic carbocycles.